The minimum absolute atomic E-state index is 0.220. The maximum atomic E-state index is 12.4. The van der Waals surface area contributed by atoms with E-state index in [1.807, 2.05) is 0 Å². The molecule has 2 aliphatic carbocycles. The second kappa shape index (κ2) is 5.41. The molecule has 4 heteroatoms. The number of hydrogen-bond donors (Lipinski definition) is 2. The van der Waals surface area contributed by atoms with E-state index in [-0.39, 0.29) is 11.3 Å². The van der Waals surface area contributed by atoms with Gasteiger partial charge in [-0.15, -0.1) is 0 Å². The molecule has 1 aliphatic heterocycles. The van der Waals surface area contributed by atoms with Gasteiger partial charge in [0.25, 0.3) is 0 Å². The van der Waals surface area contributed by atoms with E-state index in [0.717, 1.165) is 38.3 Å². The Labute approximate surface area is 116 Å². The third-order valence-electron chi connectivity index (χ3n) is 5.36. The van der Waals surface area contributed by atoms with Gasteiger partial charge in [-0.05, 0) is 44.6 Å². The Bertz CT molecular complexity index is 334. The summed E-state index contributed by atoms with van der Waals surface area (Å²) in [6.45, 7) is 3.77. The quantitative estimate of drug-likeness (QED) is 0.783. The highest BCUT2D eigenvalue weighted by Gasteiger charge is 2.40. The van der Waals surface area contributed by atoms with Crippen LogP contribution in [0.1, 0.15) is 44.9 Å². The van der Waals surface area contributed by atoms with Gasteiger partial charge in [-0.25, -0.2) is 0 Å². The summed E-state index contributed by atoms with van der Waals surface area (Å²) in [6.07, 6.45) is 8.28. The summed E-state index contributed by atoms with van der Waals surface area (Å²) in [7, 11) is 0. The molecule has 0 aromatic carbocycles. The van der Waals surface area contributed by atoms with Crippen LogP contribution >= 0.6 is 0 Å². The average molecular weight is 265 g/mol. The lowest BCUT2D eigenvalue weighted by molar-refractivity contribution is -0.130. The number of nitrogens with one attached hydrogen (secondary N) is 1. The molecule has 0 radical (unpaired) electrons. The molecular formula is C15H27N3O. The molecule has 108 valence electrons. The third kappa shape index (κ3) is 2.79. The van der Waals surface area contributed by atoms with Crippen LogP contribution in [0.15, 0.2) is 0 Å². The van der Waals surface area contributed by atoms with E-state index in [4.69, 9.17) is 5.73 Å². The lowest BCUT2D eigenvalue weighted by Crippen LogP contribution is -2.45. The highest BCUT2D eigenvalue weighted by atomic mass is 16.2. The molecule has 1 atom stereocenters. The summed E-state index contributed by atoms with van der Waals surface area (Å²) >= 11 is 0. The second-order valence-corrected chi connectivity index (χ2v) is 6.78. The number of amides is 1. The number of rotatable bonds is 5. The van der Waals surface area contributed by atoms with Gasteiger partial charge < -0.3 is 16.0 Å². The van der Waals surface area contributed by atoms with Crippen molar-refractivity contribution in [1.82, 2.24) is 10.2 Å². The molecular weight excluding hydrogens is 238 g/mol. The van der Waals surface area contributed by atoms with Crippen molar-refractivity contribution < 1.29 is 4.79 Å². The van der Waals surface area contributed by atoms with Crippen LogP contribution in [0, 0.1) is 11.3 Å². The Balaban J connectivity index is 1.45. The van der Waals surface area contributed by atoms with Crippen LogP contribution in [0.3, 0.4) is 0 Å². The molecule has 1 saturated heterocycles. The highest BCUT2D eigenvalue weighted by molar-refractivity contribution is 5.83. The summed E-state index contributed by atoms with van der Waals surface area (Å²) in [5.41, 5.74) is 5.61. The number of nitrogens with two attached hydrogens (primary N) is 1. The fraction of sp³-hybridized carbons (Fsp3) is 0.933. The number of hydrogen-bond acceptors (Lipinski definition) is 3. The zero-order valence-corrected chi connectivity index (χ0v) is 11.9. The monoisotopic (exact) mass is 265 g/mol. The molecule has 4 nitrogen and oxygen atoms in total. The Hall–Kier alpha value is -0.610. The van der Waals surface area contributed by atoms with Crippen LogP contribution < -0.4 is 11.1 Å². The van der Waals surface area contributed by atoms with Gasteiger partial charge in [-0.1, -0.05) is 12.8 Å². The van der Waals surface area contributed by atoms with Crippen LogP contribution in [0.25, 0.3) is 0 Å². The number of likely N-dealkylation sites (tertiary alicyclic amines) is 1. The molecule has 0 bridgehead atoms. The molecule has 3 aliphatic rings. The molecule has 1 unspecified atom stereocenters. The maximum Gasteiger partial charge on any atom is 0.227 e. The van der Waals surface area contributed by atoms with Gasteiger partial charge in [0.15, 0.2) is 0 Å². The molecule has 0 spiro atoms. The first-order valence-electron chi connectivity index (χ1n) is 7.96. The number of carbonyl (C=O) groups is 1. The summed E-state index contributed by atoms with van der Waals surface area (Å²) in [5.74, 6) is 0.873. The molecule has 1 amide bonds. The van der Waals surface area contributed by atoms with E-state index in [1.54, 1.807) is 0 Å². The summed E-state index contributed by atoms with van der Waals surface area (Å²) in [4.78, 5) is 15.0. The Morgan fingerprint density at radius 1 is 1.26 bits per heavy atom. The first kappa shape index (κ1) is 13.4. The van der Waals surface area contributed by atoms with Crippen LogP contribution in [-0.2, 0) is 4.79 Å². The molecule has 2 saturated carbocycles. The van der Waals surface area contributed by atoms with Gasteiger partial charge in [-0.3, -0.25) is 4.79 Å². The lowest BCUT2D eigenvalue weighted by Gasteiger charge is -2.26. The van der Waals surface area contributed by atoms with Gasteiger partial charge in [-0.2, -0.15) is 0 Å². The van der Waals surface area contributed by atoms with Gasteiger partial charge in [0, 0.05) is 25.7 Å². The van der Waals surface area contributed by atoms with E-state index < -0.39 is 0 Å². The molecule has 0 aromatic rings. The van der Waals surface area contributed by atoms with E-state index in [2.05, 4.69) is 10.2 Å². The highest BCUT2D eigenvalue weighted by Crippen LogP contribution is 2.37. The SMILES string of the molecule is NCC1(C(=O)NCC2CCN(C3CC3)C2)CCCC1. The average Bonchev–Trinajstić information content (AvgIpc) is 2.99. The molecule has 19 heavy (non-hydrogen) atoms. The van der Waals surface area contributed by atoms with E-state index in [0.29, 0.717) is 12.5 Å². The van der Waals surface area contributed by atoms with Crippen LogP contribution in [-0.4, -0.2) is 43.0 Å². The van der Waals surface area contributed by atoms with Gasteiger partial charge in [0.1, 0.15) is 0 Å². The van der Waals surface area contributed by atoms with Crippen LogP contribution in [0.4, 0.5) is 0 Å². The molecule has 3 N–H and O–H groups in total. The van der Waals surface area contributed by atoms with Crippen molar-refractivity contribution in [2.24, 2.45) is 17.1 Å². The topological polar surface area (TPSA) is 58.4 Å². The Kier molecular flexibility index (Phi) is 3.81. The van der Waals surface area contributed by atoms with Crippen molar-refractivity contribution in [3.05, 3.63) is 0 Å². The van der Waals surface area contributed by atoms with E-state index in [1.165, 1.54) is 32.4 Å². The molecule has 3 fully saturated rings. The summed E-state index contributed by atoms with van der Waals surface area (Å²) in [6, 6.07) is 0.867. The number of nitrogens with zero attached hydrogens (tertiary/aromatic N) is 1. The van der Waals surface area contributed by atoms with Crippen LogP contribution in [0.5, 0.6) is 0 Å². The van der Waals surface area contributed by atoms with Crippen LogP contribution in [0.2, 0.25) is 0 Å². The van der Waals surface area contributed by atoms with Crippen molar-refractivity contribution in [1.29, 1.82) is 0 Å². The minimum atomic E-state index is -0.241. The van der Waals surface area contributed by atoms with Crippen molar-refractivity contribution in [2.45, 2.75) is 51.0 Å². The minimum Gasteiger partial charge on any atom is -0.355 e. The fourth-order valence-corrected chi connectivity index (χ4v) is 3.80. The predicted molar refractivity (Wildman–Crippen MR) is 75.7 cm³/mol. The smallest absolute Gasteiger partial charge is 0.227 e. The van der Waals surface area contributed by atoms with E-state index >= 15 is 0 Å². The largest absolute Gasteiger partial charge is 0.355 e. The summed E-state index contributed by atoms with van der Waals surface area (Å²) in [5, 5.41) is 3.19. The molecule has 3 rings (SSSR count). The Morgan fingerprint density at radius 3 is 2.63 bits per heavy atom. The second-order valence-electron chi connectivity index (χ2n) is 6.78. The lowest BCUT2D eigenvalue weighted by atomic mass is 9.85. The first-order chi connectivity index (χ1) is 9.23. The van der Waals surface area contributed by atoms with Gasteiger partial charge in [0.05, 0.1) is 5.41 Å². The summed E-state index contributed by atoms with van der Waals surface area (Å²) < 4.78 is 0. The predicted octanol–water partition coefficient (Wildman–Crippen LogP) is 1.11. The fourth-order valence-electron chi connectivity index (χ4n) is 3.80. The normalized spacial score (nSPS) is 30.7. The first-order valence-corrected chi connectivity index (χ1v) is 7.96. The zero-order valence-electron chi connectivity index (χ0n) is 11.9. The molecule has 0 aromatic heterocycles. The van der Waals surface area contributed by atoms with Crippen molar-refractivity contribution in [3.63, 3.8) is 0 Å². The number of carbonyl (C=O) groups excluding carboxylic acids is 1. The van der Waals surface area contributed by atoms with Gasteiger partial charge >= 0.3 is 0 Å². The van der Waals surface area contributed by atoms with E-state index in [9.17, 15) is 4.79 Å². The Morgan fingerprint density at radius 2 is 2.00 bits per heavy atom. The van der Waals surface area contributed by atoms with Gasteiger partial charge in [0.2, 0.25) is 5.91 Å². The zero-order chi connectivity index (χ0) is 13.3. The van der Waals surface area contributed by atoms with Crippen molar-refractivity contribution >= 4 is 5.91 Å². The van der Waals surface area contributed by atoms with Crippen molar-refractivity contribution in [2.75, 3.05) is 26.2 Å². The standard InChI is InChI=1S/C15H27N3O/c16-11-15(6-1-2-7-15)14(19)17-9-12-5-8-18(10-12)13-3-4-13/h12-13H,1-11,16H2,(H,17,19). The third-order valence-corrected chi connectivity index (χ3v) is 5.36. The van der Waals surface area contributed by atoms with Crippen molar-refractivity contribution in [3.8, 4) is 0 Å². The maximum absolute atomic E-state index is 12.4. The molecule has 1 heterocycles.